The van der Waals surface area contributed by atoms with Crippen LogP contribution in [0.15, 0.2) is 24.3 Å². The van der Waals surface area contributed by atoms with Crippen molar-refractivity contribution in [2.75, 3.05) is 19.0 Å². The van der Waals surface area contributed by atoms with Crippen LogP contribution >= 0.6 is 0 Å². The molecule has 0 heterocycles. The third-order valence-corrected chi connectivity index (χ3v) is 4.39. The third kappa shape index (κ3) is 3.91. The van der Waals surface area contributed by atoms with Crippen molar-refractivity contribution in [2.45, 2.75) is 50.6 Å². The molecule has 122 valence electrons. The molecule has 1 saturated carbocycles. The summed E-state index contributed by atoms with van der Waals surface area (Å²) in [6.07, 6.45) is 4.49. The average molecular weight is 306 g/mol. The Labute approximate surface area is 132 Å². The van der Waals surface area contributed by atoms with Crippen LogP contribution in [0.1, 0.15) is 39.0 Å². The van der Waals surface area contributed by atoms with E-state index in [1.165, 1.54) is 0 Å². The van der Waals surface area contributed by atoms with Crippen LogP contribution in [0.4, 0.5) is 5.69 Å². The van der Waals surface area contributed by atoms with Gasteiger partial charge in [0.25, 0.3) is 0 Å². The molecular formula is C17H26N2O3. The molecule has 0 aliphatic heterocycles. The SMILES string of the molecule is CC[C@@H](Nc1cccc(OC)c1)C(=O)NC1(CO)CCCC1. The molecule has 0 aromatic heterocycles. The highest BCUT2D eigenvalue weighted by atomic mass is 16.5. The number of anilines is 1. The van der Waals surface area contributed by atoms with Crippen LogP contribution in [0.5, 0.6) is 5.75 Å². The minimum Gasteiger partial charge on any atom is -0.497 e. The lowest BCUT2D eigenvalue weighted by Gasteiger charge is -2.30. The number of rotatable bonds is 7. The number of methoxy groups -OCH3 is 1. The fourth-order valence-corrected chi connectivity index (χ4v) is 2.99. The molecule has 0 bridgehead atoms. The number of aliphatic hydroxyl groups is 1. The topological polar surface area (TPSA) is 70.6 Å². The molecule has 5 heteroatoms. The van der Waals surface area contributed by atoms with Crippen molar-refractivity contribution < 1.29 is 14.6 Å². The van der Waals surface area contributed by atoms with E-state index in [-0.39, 0.29) is 18.6 Å². The van der Waals surface area contributed by atoms with E-state index in [0.29, 0.717) is 6.42 Å². The fraction of sp³-hybridized carbons (Fsp3) is 0.588. The second-order valence-corrected chi connectivity index (χ2v) is 5.97. The summed E-state index contributed by atoms with van der Waals surface area (Å²) >= 11 is 0. The largest absolute Gasteiger partial charge is 0.497 e. The van der Waals surface area contributed by atoms with Gasteiger partial charge in [-0.25, -0.2) is 0 Å². The highest BCUT2D eigenvalue weighted by molar-refractivity contribution is 5.85. The van der Waals surface area contributed by atoms with E-state index in [4.69, 9.17) is 4.74 Å². The first-order valence-corrected chi connectivity index (χ1v) is 7.96. The molecule has 3 N–H and O–H groups in total. The van der Waals surface area contributed by atoms with Gasteiger partial charge in [-0.05, 0) is 31.4 Å². The molecule has 1 fully saturated rings. The Morgan fingerprint density at radius 2 is 2.14 bits per heavy atom. The Balaban J connectivity index is 2.02. The molecule has 1 aromatic rings. The summed E-state index contributed by atoms with van der Waals surface area (Å²) in [5.41, 5.74) is 0.423. The number of hydrogen-bond acceptors (Lipinski definition) is 4. The second kappa shape index (κ2) is 7.49. The number of carbonyl (C=O) groups excluding carboxylic acids is 1. The van der Waals surface area contributed by atoms with E-state index < -0.39 is 5.54 Å². The van der Waals surface area contributed by atoms with Crippen molar-refractivity contribution >= 4 is 11.6 Å². The number of nitrogens with one attached hydrogen (secondary N) is 2. The van der Waals surface area contributed by atoms with Gasteiger partial charge in [0.2, 0.25) is 5.91 Å². The van der Waals surface area contributed by atoms with Crippen LogP contribution in [-0.2, 0) is 4.79 Å². The van der Waals surface area contributed by atoms with Crippen LogP contribution in [0.25, 0.3) is 0 Å². The van der Waals surface area contributed by atoms with E-state index in [1.807, 2.05) is 31.2 Å². The summed E-state index contributed by atoms with van der Waals surface area (Å²) < 4.78 is 5.20. The summed E-state index contributed by atoms with van der Waals surface area (Å²) in [5.74, 6) is 0.698. The molecule has 2 rings (SSSR count). The minimum absolute atomic E-state index is 0.00827. The standard InChI is InChI=1S/C17H26N2O3/c1-3-15(18-13-7-6-8-14(11-13)22-2)16(21)19-17(12-20)9-4-5-10-17/h6-8,11,15,18,20H,3-5,9-10,12H2,1-2H3,(H,19,21)/t15-/m1/s1. The number of aliphatic hydroxyl groups excluding tert-OH is 1. The van der Waals surface area contributed by atoms with Crippen LogP contribution in [0.3, 0.4) is 0 Å². The summed E-state index contributed by atoms with van der Waals surface area (Å²) in [6, 6.07) is 7.21. The maximum Gasteiger partial charge on any atom is 0.242 e. The Bertz CT molecular complexity index is 498. The number of amides is 1. The Morgan fingerprint density at radius 3 is 2.73 bits per heavy atom. The summed E-state index contributed by atoms with van der Waals surface area (Å²) in [4.78, 5) is 12.5. The zero-order valence-electron chi connectivity index (χ0n) is 13.4. The molecular weight excluding hydrogens is 280 g/mol. The van der Waals surface area contributed by atoms with Gasteiger partial charge in [-0.15, -0.1) is 0 Å². The van der Waals surface area contributed by atoms with Crippen LogP contribution < -0.4 is 15.4 Å². The number of carbonyl (C=O) groups is 1. The van der Waals surface area contributed by atoms with Gasteiger partial charge in [0.15, 0.2) is 0 Å². The summed E-state index contributed by atoms with van der Waals surface area (Å²) in [5, 5.41) is 15.9. The van der Waals surface area contributed by atoms with Gasteiger partial charge in [0, 0.05) is 11.8 Å². The highest BCUT2D eigenvalue weighted by Gasteiger charge is 2.36. The molecule has 1 aromatic carbocycles. The molecule has 0 radical (unpaired) electrons. The van der Waals surface area contributed by atoms with Gasteiger partial charge in [-0.1, -0.05) is 25.8 Å². The molecule has 0 spiro atoms. The van der Waals surface area contributed by atoms with E-state index in [1.54, 1.807) is 7.11 Å². The predicted octanol–water partition coefficient (Wildman–Crippen LogP) is 2.31. The quantitative estimate of drug-likeness (QED) is 0.723. The van der Waals surface area contributed by atoms with Crippen molar-refractivity contribution in [3.63, 3.8) is 0 Å². The monoisotopic (exact) mass is 306 g/mol. The second-order valence-electron chi connectivity index (χ2n) is 5.97. The number of benzene rings is 1. The average Bonchev–Trinajstić information content (AvgIpc) is 3.01. The Morgan fingerprint density at radius 1 is 1.41 bits per heavy atom. The van der Waals surface area contributed by atoms with Gasteiger partial charge in [-0.3, -0.25) is 4.79 Å². The minimum atomic E-state index is -0.430. The molecule has 5 nitrogen and oxygen atoms in total. The lowest BCUT2D eigenvalue weighted by atomic mass is 9.98. The van der Waals surface area contributed by atoms with E-state index in [9.17, 15) is 9.90 Å². The smallest absolute Gasteiger partial charge is 0.242 e. The maximum atomic E-state index is 12.5. The molecule has 1 aliphatic carbocycles. The van der Waals surface area contributed by atoms with Gasteiger partial charge in [0.05, 0.1) is 19.3 Å². The fourth-order valence-electron chi connectivity index (χ4n) is 2.99. The molecule has 1 aliphatic rings. The Hall–Kier alpha value is -1.75. The lowest BCUT2D eigenvalue weighted by molar-refractivity contribution is -0.124. The molecule has 1 amide bonds. The van der Waals surface area contributed by atoms with Gasteiger partial charge >= 0.3 is 0 Å². The van der Waals surface area contributed by atoms with Gasteiger partial charge in [0.1, 0.15) is 11.8 Å². The van der Waals surface area contributed by atoms with E-state index >= 15 is 0 Å². The lowest BCUT2D eigenvalue weighted by Crippen LogP contribution is -2.53. The molecule has 22 heavy (non-hydrogen) atoms. The first-order valence-electron chi connectivity index (χ1n) is 7.96. The normalized spacial score (nSPS) is 17.8. The van der Waals surface area contributed by atoms with Crippen molar-refractivity contribution in [1.82, 2.24) is 5.32 Å². The van der Waals surface area contributed by atoms with Gasteiger partial charge < -0.3 is 20.5 Å². The van der Waals surface area contributed by atoms with Crippen molar-refractivity contribution in [2.24, 2.45) is 0 Å². The van der Waals surface area contributed by atoms with Crippen LogP contribution in [0, 0.1) is 0 Å². The van der Waals surface area contributed by atoms with E-state index in [0.717, 1.165) is 37.1 Å². The first kappa shape index (κ1) is 16.6. The molecule has 0 unspecified atom stereocenters. The third-order valence-electron chi connectivity index (χ3n) is 4.39. The zero-order valence-corrected chi connectivity index (χ0v) is 13.4. The Kier molecular flexibility index (Phi) is 5.66. The van der Waals surface area contributed by atoms with Crippen molar-refractivity contribution in [3.8, 4) is 5.75 Å². The first-order chi connectivity index (χ1) is 10.6. The number of ether oxygens (including phenoxy) is 1. The van der Waals surface area contributed by atoms with Gasteiger partial charge in [-0.2, -0.15) is 0 Å². The highest BCUT2D eigenvalue weighted by Crippen LogP contribution is 2.29. The summed E-state index contributed by atoms with van der Waals surface area (Å²) in [7, 11) is 1.62. The maximum absolute atomic E-state index is 12.5. The predicted molar refractivity (Wildman–Crippen MR) is 87.1 cm³/mol. The molecule has 0 saturated heterocycles. The van der Waals surface area contributed by atoms with Crippen LogP contribution in [0.2, 0.25) is 0 Å². The zero-order chi connectivity index (χ0) is 16.0. The molecule has 1 atom stereocenters. The van der Waals surface area contributed by atoms with Crippen molar-refractivity contribution in [1.29, 1.82) is 0 Å². The van der Waals surface area contributed by atoms with Crippen molar-refractivity contribution in [3.05, 3.63) is 24.3 Å². The number of hydrogen-bond donors (Lipinski definition) is 3. The van der Waals surface area contributed by atoms with Crippen LogP contribution in [-0.4, -0.2) is 36.3 Å². The van der Waals surface area contributed by atoms with E-state index in [2.05, 4.69) is 10.6 Å². The summed E-state index contributed by atoms with van der Waals surface area (Å²) in [6.45, 7) is 1.98.